The van der Waals surface area contributed by atoms with Crippen LogP contribution in [0.4, 0.5) is 0 Å². The van der Waals surface area contributed by atoms with Gasteiger partial charge in [0.05, 0.1) is 6.04 Å². The summed E-state index contributed by atoms with van der Waals surface area (Å²) in [6, 6.07) is -2.26. The molecular formula is C20H39ClN6O4. The fourth-order valence-electron chi connectivity index (χ4n) is 2.93. The first kappa shape index (κ1) is 30.8. The van der Waals surface area contributed by atoms with Gasteiger partial charge >= 0.3 is 0 Å². The van der Waals surface area contributed by atoms with Crippen LogP contribution in [0.2, 0.25) is 0 Å². The quantitative estimate of drug-likeness (QED) is 0.0947. The zero-order valence-electron chi connectivity index (χ0n) is 19.1. The molecule has 0 bridgehead atoms. The van der Waals surface area contributed by atoms with Gasteiger partial charge in [-0.05, 0) is 37.5 Å². The summed E-state index contributed by atoms with van der Waals surface area (Å²) in [6.07, 6.45) is 2.40. The van der Waals surface area contributed by atoms with Gasteiger partial charge in [0, 0.05) is 13.5 Å². The molecule has 0 aliphatic carbocycles. The van der Waals surface area contributed by atoms with Crippen LogP contribution in [0.25, 0.3) is 0 Å². The Labute approximate surface area is 191 Å². The third-order valence-corrected chi connectivity index (χ3v) is 4.24. The molecule has 0 aromatic heterocycles. The van der Waals surface area contributed by atoms with E-state index in [4.69, 9.17) is 11.1 Å². The van der Waals surface area contributed by atoms with Crippen LogP contribution in [-0.2, 0) is 19.2 Å². The number of nitrogens with one attached hydrogen (secondary N) is 5. The molecule has 0 rings (SSSR count). The second-order valence-electron chi connectivity index (χ2n) is 8.31. The largest absolute Gasteiger partial charge is 0.370 e. The van der Waals surface area contributed by atoms with E-state index in [1.165, 1.54) is 6.92 Å². The van der Waals surface area contributed by atoms with Crippen molar-refractivity contribution >= 4 is 42.4 Å². The Balaban J connectivity index is 0. The Morgan fingerprint density at radius 1 is 0.935 bits per heavy atom. The zero-order valence-corrected chi connectivity index (χ0v) is 19.9. The van der Waals surface area contributed by atoms with Gasteiger partial charge in [-0.15, -0.1) is 12.4 Å². The number of carbonyl (C=O) groups excluding carboxylic acids is 4. The summed E-state index contributed by atoms with van der Waals surface area (Å²) in [5.41, 5.74) is 5.21. The van der Waals surface area contributed by atoms with Gasteiger partial charge in [-0.1, -0.05) is 27.7 Å². The summed E-state index contributed by atoms with van der Waals surface area (Å²) in [7, 11) is 0. The van der Waals surface area contributed by atoms with Crippen LogP contribution in [0.5, 0.6) is 0 Å². The summed E-state index contributed by atoms with van der Waals surface area (Å²) < 4.78 is 0. The number of guanidine groups is 1. The van der Waals surface area contributed by atoms with Crippen molar-refractivity contribution < 1.29 is 19.2 Å². The average Bonchev–Trinajstić information content (AvgIpc) is 2.61. The lowest BCUT2D eigenvalue weighted by Crippen LogP contribution is -2.55. The molecule has 0 saturated heterocycles. The van der Waals surface area contributed by atoms with Gasteiger partial charge in [0.25, 0.3) is 0 Å². The fraction of sp³-hybridized carbons (Fsp3) is 0.750. The minimum atomic E-state index is -0.821. The number of aldehydes is 1. The second-order valence-corrected chi connectivity index (χ2v) is 8.31. The Morgan fingerprint density at radius 2 is 1.42 bits per heavy atom. The lowest BCUT2D eigenvalue weighted by molar-refractivity contribution is -0.133. The molecule has 0 aliphatic rings. The first-order valence-corrected chi connectivity index (χ1v) is 10.4. The Morgan fingerprint density at radius 3 is 1.84 bits per heavy atom. The number of nitrogens with two attached hydrogens (primary N) is 1. The molecule has 0 fully saturated rings. The average molecular weight is 463 g/mol. The van der Waals surface area contributed by atoms with Crippen molar-refractivity contribution in [1.29, 1.82) is 5.41 Å². The van der Waals surface area contributed by atoms with E-state index in [2.05, 4.69) is 21.3 Å². The SMILES string of the molecule is CC(=O)N[C@@H](CC(C)C)C(=O)N[C@@H](CC(C)C)C(=O)N[C@H](C=O)CCCNC(=N)N.Cl. The van der Waals surface area contributed by atoms with E-state index in [1.54, 1.807) is 0 Å². The second kappa shape index (κ2) is 16.3. The third kappa shape index (κ3) is 15.1. The van der Waals surface area contributed by atoms with E-state index >= 15 is 0 Å². The molecule has 11 heteroatoms. The first-order valence-electron chi connectivity index (χ1n) is 10.4. The van der Waals surface area contributed by atoms with Crippen molar-refractivity contribution in [3.8, 4) is 0 Å². The summed E-state index contributed by atoms with van der Waals surface area (Å²) in [5.74, 6) is -1.04. The fourth-order valence-corrected chi connectivity index (χ4v) is 2.93. The summed E-state index contributed by atoms with van der Waals surface area (Å²) >= 11 is 0. The van der Waals surface area contributed by atoms with Crippen molar-refractivity contribution in [2.24, 2.45) is 17.6 Å². The van der Waals surface area contributed by atoms with Crippen molar-refractivity contribution in [1.82, 2.24) is 21.3 Å². The molecule has 3 amide bonds. The number of carbonyl (C=O) groups is 4. The normalized spacial score (nSPS) is 13.4. The smallest absolute Gasteiger partial charge is 0.243 e. The summed E-state index contributed by atoms with van der Waals surface area (Å²) in [4.78, 5) is 48.3. The van der Waals surface area contributed by atoms with Gasteiger partial charge in [-0.25, -0.2) is 0 Å². The van der Waals surface area contributed by atoms with E-state index < -0.39 is 29.9 Å². The number of hydrogen-bond acceptors (Lipinski definition) is 5. The standard InChI is InChI=1S/C20H38N6O4.ClH/c1-12(2)9-16(24-14(5)28)19(30)26-17(10-13(3)4)18(29)25-15(11-27)7-6-8-23-20(21)22;/h11-13,15-17H,6-10H2,1-5H3,(H,24,28)(H,25,29)(H,26,30)(H4,21,22,23);1H/t15-,16-,17-;/m0./s1. The maximum Gasteiger partial charge on any atom is 0.243 e. The molecule has 0 aromatic carbocycles. The molecule has 0 unspecified atom stereocenters. The predicted octanol–water partition coefficient (Wildman–Crippen LogP) is 0.437. The minimum absolute atomic E-state index is 0. The molecule has 10 nitrogen and oxygen atoms in total. The number of amides is 3. The van der Waals surface area contributed by atoms with Gasteiger partial charge in [0.15, 0.2) is 5.96 Å². The van der Waals surface area contributed by atoms with Crippen LogP contribution in [0.15, 0.2) is 0 Å². The number of halogens is 1. The Hall–Kier alpha value is -2.36. The minimum Gasteiger partial charge on any atom is -0.370 e. The van der Waals surface area contributed by atoms with Crippen LogP contribution >= 0.6 is 12.4 Å². The van der Waals surface area contributed by atoms with Crippen LogP contribution < -0.4 is 27.0 Å². The molecule has 3 atom stereocenters. The first-order chi connectivity index (χ1) is 14.0. The molecule has 0 saturated carbocycles. The molecule has 180 valence electrons. The zero-order chi connectivity index (χ0) is 23.3. The molecule has 0 radical (unpaired) electrons. The van der Waals surface area contributed by atoms with Crippen molar-refractivity contribution in [2.45, 2.75) is 78.4 Å². The van der Waals surface area contributed by atoms with Gasteiger partial charge in [-0.2, -0.15) is 0 Å². The Kier molecular flexibility index (Phi) is 16.3. The lowest BCUT2D eigenvalue weighted by Gasteiger charge is -2.25. The maximum absolute atomic E-state index is 12.7. The number of rotatable bonds is 14. The molecule has 7 N–H and O–H groups in total. The van der Waals surface area contributed by atoms with Crippen molar-refractivity contribution in [2.75, 3.05) is 6.54 Å². The highest BCUT2D eigenvalue weighted by atomic mass is 35.5. The van der Waals surface area contributed by atoms with Crippen LogP contribution in [0.3, 0.4) is 0 Å². The van der Waals surface area contributed by atoms with E-state index in [-0.39, 0.29) is 36.1 Å². The van der Waals surface area contributed by atoms with Gasteiger partial charge in [0.2, 0.25) is 17.7 Å². The monoisotopic (exact) mass is 462 g/mol. The van der Waals surface area contributed by atoms with Crippen LogP contribution in [0.1, 0.15) is 60.3 Å². The lowest BCUT2D eigenvalue weighted by atomic mass is 9.99. The maximum atomic E-state index is 12.7. The molecule has 31 heavy (non-hydrogen) atoms. The highest BCUT2D eigenvalue weighted by molar-refractivity contribution is 5.92. The van der Waals surface area contributed by atoms with Crippen LogP contribution in [-0.4, -0.2) is 54.6 Å². The van der Waals surface area contributed by atoms with E-state index in [0.717, 1.165) is 0 Å². The van der Waals surface area contributed by atoms with Crippen LogP contribution in [0, 0.1) is 17.2 Å². The summed E-state index contributed by atoms with van der Waals surface area (Å²) in [6.45, 7) is 9.49. The molecule has 0 spiro atoms. The van der Waals surface area contributed by atoms with Gasteiger partial charge < -0.3 is 31.8 Å². The molecule has 0 heterocycles. The Bertz CT molecular complexity index is 600. The highest BCUT2D eigenvalue weighted by Crippen LogP contribution is 2.09. The highest BCUT2D eigenvalue weighted by Gasteiger charge is 2.28. The third-order valence-electron chi connectivity index (χ3n) is 4.24. The van der Waals surface area contributed by atoms with Gasteiger partial charge in [0.1, 0.15) is 18.4 Å². The summed E-state index contributed by atoms with van der Waals surface area (Å²) in [5, 5.41) is 17.8. The number of hydrogen-bond donors (Lipinski definition) is 6. The molecule has 0 aliphatic heterocycles. The van der Waals surface area contributed by atoms with Crippen molar-refractivity contribution in [3.63, 3.8) is 0 Å². The van der Waals surface area contributed by atoms with E-state index in [9.17, 15) is 19.2 Å². The predicted molar refractivity (Wildman–Crippen MR) is 123 cm³/mol. The molecule has 0 aromatic rings. The molecular weight excluding hydrogens is 424 g/mol. The van der Waals surface area contributed by atoms with Crippen molar-refractivity contribution in [3.05, 3.63) is 0 Å². The topological polar surface area (TPSA) is 166 Å². The van der Waals surface area contributed by atoms with E-state index in [1.807, 2.05) is 27.7 Å². The van der Waals surface area contributed by atoms with E-state index in [0.29, 0.717) is 38.5 Å². The van der Waals surface area contributed by atoms with Gasteiger partial charge in [-0.3, -0.25) is 19.8 Å².